The van der Waals surface area contributed by atoms with Gasteiger partial charge in [0.15, 0.2) is 0 Å². The van der Waals surface area contributed by atoms with E-state index in [0.29, 0.717) is 11.1 Å². The van der Waals surface area contributed by atoms with Crippen LogP contribution in [0.5, 0.6) is 0 Å². The number of nitrogens with two attached hydrogens (primary N) is 1. The van der Waals surface area contributed by atoms with Crippen LogP contribution in [0, 0.1) is 0 Å². The molecular weight excluding hydrogens is 331 g/mol. The highest BCUT2D eigenvalue weighted by molar-refractivity contribution is 7.99. The van der Waals surface area contributed by atoms with Crippen LogP contribution in [0.3, 0.4) is 0 Å². The van der Waals surface area contributed by atoms with Gasteiger partial charge >= 0.3 is 12.1 Å². The van der Waals surface area contributed by atoms with E-state index in [-0.39, 0.29) is 11.7 Å². The molecule has 0 spiro atoms. The molecule has 0 radical (unpaired) electrons. The van der Waals surface area contributed by atoms with Gasteiger partial charge < -0.3 is 10.3 Å². The molecule has 0 aliphatic carbocycles. The predicted molar refractivity (Wildman–Crippen MR) is 77.9 cm³/mol. The summed E-state index contributed by atoms with van der Waals surface area (Å²) in [6.45, 7) is 0. The van der Waals surface area contributed by atoms with Crippen molar-refractivity contribution in [1.29, 1.82) is 0 Å². The van der Waals surface area contributed by atoms with Crippen LogP contribution in [0.25, 0.3) is 11.4 Å². The first kappa shape index (κ1) is 15.9. The second-order valence-electron chi connectivity index (χ2n) is 5.15. The van der Waals surface area contributed by atoms with Gasteiger partial charge in [0.05, 0.1) is 0 Å². The smallest absolute Gasteiger partial charge is 0.366 e. The Morgan fingerprint density at radius 1 is 1.39 bits per heavy atom. The summed E-state index contributed by atoms with van der Waals surface area (Å²) in [7, 11) is 0. The first-order chi connectivity index (χ1) is 10.9. The van der Waals surface area contributed by atoms with Crippen molar-refractivity contribution in [2.75, 3.05) is 11.5 Å². The topological polar surface area (TPSA) is 82.0 Å². The number of rotatable bonds is 3. The molecule has 5 nitrogen and oxygen atoms in total. The van der Waals surface area contributed by atoms with Crippen LogP contribution in [0.1, 0.15) is 34.2 Å². The van der Waals surface area contributed by atoms with Crippen molar-refractivity contribution in [3.05, 3.63) is 35.2 Å². The summed E-state index contributed by atoms with van der Waals surface area (Å²) in [5.74, 6) is -0.189. The zero-order chi connectivity index (χ0) is 16.6. The normalized spacial score (nSPS) is 18.3. The molecule has 2 heterocycles. The fraction of sp³-hybridized carbons (Fsp3) is 0.357. The lowest BCUT2D eigenvalue weighted by Gasteiger charge is -2.13. The van der Waals surface area contributed by atoms with Crippen molar-refractivity contribution in [2.24, 2.45) is 5.73 Å². The number of benzene rings is 1. The van der Waals surface area contributed by atoms with Crippen LogP contribution in [0.15, 0.2) is 22.7 Å². The number of thioether (sulfide) groups is 1. The Morgan fingerprint density at radius 2 is 2.17 bits per heavy atom. The Bertz CT molecular complexity index is 739. The van der Waals surface area contributed by atoms with E-state index in [1.54, 1.807) is 17.8 Å². The number of hydrogen-bond acceptors (Lipinski definition) is 5. The quantitative estimate of drug-likeness (QED) is 0.926. The van der Waals surface area contributed by atoms with E-state index >= 15 is 0 Å². The largest absolute Gasteiger partial charge is 0.471 e. The van der Waals surface area contributed by atoms with Gasteiger partial charge in [-0.2, -0.15) is 29.9 Å². The minimum absolute atomic E-state index is 0.136. The number of halogens is 3. The lowest BCUT2D eigenvalue weighted by atomic mass is 9.91. The summed E-state index contributed by atoms with van der Waals surface area (Å²) >= 11 is 1.76. The molecule has 0 saturated carbocycles. The van der Waals surface area contributed by atoms with Crippen LogP contribution in [0.2, 0.25) is 0 Å². The van der Waals surface area contributed by atoms with Crippen molar-refractivity contribution in [3.63, 3.8) is 0 Å². The standard InChI is InChI=1S/C14H12F3N3O2S/c15-14(16,17)13-19-12(20-22-13)7-1-2-9(11(18)21)10(5-7)8-3-4-23-6-8/h1-2,5,8H,3-4,6H2,(H2,18,21). The lowest BCUT2D eigenvalue weighted by Crippen LogP contribution is -2.15. The minimum Gasteiger partial charge on any atom is -0.366 e. The number of aromatic nitrogens is 2. The van der Waals surface area contributed by atoms with Crippen molar-refractivity contribution in [1.82, 2.24) is 10.1 Å². The summed E-state index contributed by atoms with van der Waals surface area (Å²) in [6, 6.07) is 4.60. The molecule has 9 heteroatoms. The van der Waals surface area contributed by atoms with Crippen molar-refractivity contribution < 1.29 is 22.5 Å². The van der Waals surface area contributed by atoms with E-state index in [4.69, 9.17) is 5.73 Å². The summed E-state index contributed by atoms with van der Waals surface area (Å²) in [6.07, 6.45) is -3.81. The molecule has 122 valence electrons. The first-order valence-corrected chi connectivity index (χ1v) is 7.94. The molecule has 1 aromatic heterocycles. The van der Waals surface area contributed by atoms with E-state index in [2.05, 4.69) is 14.7 Å². The zero-order valence-electron chi connectivity index (χ0n) is 11.8. The van der Waals surface area contributed by atoms with E-state index in [1.165, 1.54) is 12.1 Å². The summed E-state index contributed by atoms with van der Waals surface area (Å²) < 4.78 is 41.9. The molecule has 1 fully saturated rings. The number of primary amides is 1. The average Bonchev–Trinajstić information content (AvgIpc) is 3.17. The highest BCUT2D eigenvalue weighted by Crippen LogP contribution is 2.36. The van der Waals surface area contributed by atoms with Crippen LogP contribution < -0.4 is 5.73 Å². The maximum Gasteiger partial charge on any atom is 0.471 e. The van der Waals surface area contributed by atoms with Gasteiger partial charge in [-0.3, -0.25) is 4.79 Å². The third-order valence-corrected chi connectivity index (χ3v) is 4.78. The molecule has 1 saturated heterocycles. The molecule has 1 aromatic carbocycles. The third-order valence-electron chi connectivity index (χ3n) is 3.61. The first-order valence-electron chi connectivity index (χ1n) is 6.79. The number of hydrogen-bond donors (Lipinski definition) is 1. The SMILES string of the molecule is NC(=O)c1ccc(-c2noc(C(F)(F)F)n2)cc1C1CCSC1. The van der Waals surface area contributed by atoms with Gasteiger partial charge in [0.25, 0.3) is 0 Å². The van der Waals surface area contributed by atoms with Gasteiger partial charge in [0.1, 0.15) is 0 Å². The molecule has 1 aliphatic rings. The van der Waals surface area contributed by atoms with E-state index in [0.717, 1.165) is 23.5 Å². The maximum atomic E-state index is 12.6. The predicted octanol–water partition coefficient (Wildman–Crippen LogP) is 3.07. The molecular formula is C14H12F3N3O2S. The highest BCUT2D eigenvalue weighted by atomic mass is 32.2. The molecule has 1 atom stereocenters. The van der Waals surface area contributed by atoms with Gasteiger partial charge in [-0.1, -0.05) is 11.2 Å². The summed E-state index contributed by atoms with van der Waals surface area (Å²) in [5, 5.41) is 3.37. The highest BCUT2D eigenvalue weighted by Gasteiger charge is 2.38. The second-order valence-corrected chi connectivity index (χ2v) is 6.30. The molecule has 2 aromatic rings. The third kappa shape index (κ3) is 3.19. The number of carbonyl (C=O) groups is 1. The minimum atomic E-state index is -4.69. The monoisotopic (exact) mass is 343 g/mol. The van der Waals surface area contributed by atoms with Gasteiger partial charge in [0, 0.05) is 16.9 Å². The van der Waals surface area contributed by atoms with Crippen LogP contribution in [-0.4, -0.2) is 27.6 Å². The molecule has 1 unspecified atom stereocenters. The van der Waals surface area contributed by atoms with E-state index < -0.39 is 18.0 Å². The van der Waals surface area contributed by atoms with E-state index in [1.807, 2.05) is 0 Å². The number of nitrogens with zero attached hydrogens (tertiary/aromatic N) is 2. The number of alkyl halides is 3. The van der Waals surface area contributed by atoms with Gasteiger partial charge in [-0.05, 0) is 35.8 Å². The molecule has 0 bridgehead atoms. The van der Waals surface area contributed by atoms with Gasteiger partial charge in [-0.15, -0.1) is 0 Å². The zero-order valence-corrected chi connectivity index (χ0v) is 12.6. The Kier molecular flexibility index (Phi) is 4.05. The number of carbonyl (C=O) groups excluding carboxylic acids is 1. The Balaban J connectivity index is 2.02. The van der Waals surface area contributed by atoms with Crippen LogP contribution >= 0.6 is 11.8 Å². The molecule has 1 amide bonds. The van der Waals surface area contributed by atoms with E-state index in [9.17, 15) is 18.0 Å². The molecule has 1 aliphatic heterocycles. The maximum absolute atomic E-state index is 12.6. The Morgan fingerprint density at radius 3 is 2.74 bits per heavy atom. The Hall–Kier alpha value is -2.03. The fourth-order valence-corrected chi connectivity index (χ4v) is 3.75. The molecule has 2 N–H and O–H groups in total. The fourth-order valence-electron chi connectivity index (χ4n) is 2.50. The summed E-state index contributed by atoms with van der Waals surface area (Å²) in [5.41, 5.74) is 6.85. The Labute approximate surface area is 133 Å². The van der Waals surface area contributed by atoms with Crippen molar-refractivity contribution in [2.45, 2.75) is 18.5 Å². The summed E-state index contributed by atoms with van der Waals surface area (Å²) in [4.78, 5) is 14.9. The molecule has 3 rings (SSSR count). The second kappa shape index (κ2) is 5.88. The van der Waals surface area contributed by atoms with Crippen LogP contribution in [-0.2, 0) is 6.18 Å². The van der Waals surface area contributed by atoms with Crippen LogP contribution in [0.4, 0.5) is 13.2 Å². The van der Waals surface area contributed by atoms with Crippen molar-refractivity contribution in [3.8, 4) is 11.4 Å². The molecule has 23 heavy (non-hydrogen) atoms. The lowest BCUT2D eigenvalue weighted by molar-refractivity contribution is -0.159. The average molecular weight is 343 g/mol. The van der Waals surface area contributed by atoms with Crippen molar-refractivity contribution >= 4 is 17.7 Å². The van der Waals surface area contributed by atoms with Gasteiger partial charge in [0.2, 0.25) is 11.7 Å². The number of amides is 1. The van der Waals surface area contributed by atoms with Gasteiger partial charge in [-0.25, -0.2) is 0 Å².